The largest absolute Gasteiger partial charge is 0.493 e. The molecule has 0 aromatic heterocycles. The van der Waals surface area contributed by atoms with Gasteiger partial charge in [0.05, 0.1) is 6.61 Å². The van der Waals surface area contributed by atoms with Crippen LogP contribution in [0, 0.1) is 5.92 Å². The number of nitrogens with one attached hydrogen (secondary N) is 2. The fourth-order valence-corrected chi connectivity index (χ4v) is 2.66. The average Bonchev–Trinajstić information content (AvgIpc) is 2.50. The molecular weight excluding hydrogens is 314 g/mol. The SMILES string of the molecule is CN1CC(COc2ccc(OC3(C)C(=O)NC(=O)NC3=O)cc2)C1. The van der Waals surface area contributed by atoms with Crippen molar-refractivity contribution < 1.29 is 23.9 Å². The van der Waals surface area contributed by atoms with Crippen molar-refractivity contribution >= 4 is 17.8 Å². The van der Waals surface area contributed by atoms with E-state index in [0.29, 0.717) is 24.0 Å². The van der Waals surface area contributed by atoms with Crippen LogP contribution in [0.1, 0.15) is 6.92 Å². The van der Waals surface area contributed by atoms with E-state index in [9.17, 15) is 14.4 Å². The quantitative estimate of drug-likeness (QED) is 0.744. The molecule has 1 aromatic rings. The summed E-state index contributed by atoms with van der Waals surface area (Å²) >= 11 is 0. The maximum Gasteiger partial charge on any atom is 0.328 e. The lowest BCUT2D eigenvalue weighted by Gasteiger charge is -2.35. The van der Waals surface area contributed by atoms with Gasteiger partial charge in [-0.15, -0.1) is 0 Å². The highest BCUT2D eigenvalue weighted by Gasteiger charge is 2.48. The number of benzene rings is 1. The zero-order valence-corrected chi connectivity index (χ0v) is 13.5. The maximum absolute atomic E-state index is 11.9. The Bertz CT molecular complexity index is 647. The number of carbonyl (C=O) groups excluding carboxylic acids is 3. The van der Waals surface area contributed by atoms with E-state index >= 15 is 0 Å². The lowest BCUT2D eigenvalue weighted by atomic mass is 10.0. The molecule has 4 amide bonds. The van der Waals surface area contributed by atoms with Crippen LogP contribution in [0.15, 0.2) is 24.3 Å². The van der Waals surface area contributed by atoms with Crippen LogP contribution in [0.25, 0.3) is 0 Å². The zero-order valence-electron chi connectivity index (χ0n) is 13.5. The van der Waals surface area contributed by atoms with Crippen molar-refractivity contribution in [3.05, 3.63) is 24.3 Å². The van der Waals surface area contributed by atoms with Crippen molar-refractivity contribution in [2.24, 2.45) is 5.92 Å². The summed E-state index contributed by atoms with van der Waals surface area (Å²) in [5.74, 6) is -0.0453. The molecule has 24 heavy (non-hydrogen) atoms. The first kappa shape index (κ1) is 16.3. The highest BCUT2D eigenvalue weighted by atomic mass is 16.5. The normalized spacial score (nSPS) is 20.8. The van der Waals surface area contributed by atoms with E-state index in [2.05, 4.69) is 11.9 Å². The molecule has 2 fully saturated rings. The van der Waals surface area contributed by atoms with Gasteiger partial charge < -0.3 is 14.4 Å². The summed E-state index contributed by atoms with van der Waals surface area (Å²) < 4.78 is 11.2. The second-order valence-corrected chi connectivity index (χ2v) is 6.24. The number of imide groups is 2. The van der Waals surface area contributed by atoms with Gasteiger partial charge in [-0.3, -0.25) is 20.2 Å². The molecule has 8 nitrogen and oxygen atoms in total. The van der Waals surface area contributed by atoms with Crippen molar-refractivity contribution in [2.75, 3.05) is 26.7 Å². The number of rotatable bonds is 5. The number of hydrogen-bond donors (Lipinski definition) is 2. The Labute approximate surface area is 139 Å². The van der Waals surface area contributed by atoms with Crippen molar-refractivity contribution in [3.63, 3.8) is 0 Å². The molecule has 3 rings (SSSR count). The summed E-state index contributed by atoms with van der Waals surface area (Å²) in [6.45, 7) is 4.02. The Morgan fingerprint density at radius 1 is 1.08 bits per heavy atom. The highest BCUT2D eigenvalue weighted by Crippen LogP contribution is 2.24. The van der Waals surface area contributed by atoms with Crippen LogP contribution in [-0.2, 0) is 9.59 Å². The minimum Gasteiger partial charge on any atom is -0.493 e. The van der Waals surface area contributed by atoms with Gasteiger partial charge in [0.2, 0.25) is 0 Å². The van der Waals surface area contributed by atoms with E-state index in [1.54, 1.807) is 24.3 Å². The molecule has 0 aliphatic carbocycles. The lowest BCUT2D eigenvalue weighted by Crippen LogP contribution is -2.67. The van der Waals surface area contributed by atoms with Gasteiger partial charge in [0.25, 0.3) is 17.4 Å². The van der Waals surface area contributed by atoms with Crippen LogP contribution >= 0.6 is 0 Å². The van der Waals surface area contributed by atoms with Crippen LogP contribution < -0.4 is 20.1 Å². The summed E-state index contributed by atoms with van der Waals surface area (Å²) in [6.07, 6.45) is 0. The van der Waals surface area contributed by atoms with Crippen LogP contribution in [0.2, 0.25) is 0 Å². The summed E-state index contributed by atoms with van der Waals surface area (Å²) in [4.78, 5) is 37.1. The van der Waals surface area contributed by atoms with Crippen LogP contribution in [0.4, 0.5) is 4.79 Å². The van der Waals surface area contributed by atoms with Gasteiger partial charge in [0.15, 0.2) is 0 Å². The molecule has 8 heteroatoms. The van der Waals surface area contributed by atoms with Crippen LogP contribution in [0.3, 0.4) is 0 Å². The third-order valence-electron chi connectivity index (χ3n) is 4.09. The number of likely N-dealkylation sites (tertiary alicyclic amines) is 1. The van der Waals surface area contributed by atoms with Crippen molar-refractivity contribution in [2.45, 2.75) is 12.5 Å². The van der Waals surface area contributed by atoms with Crippen LogP contribution in [0.5, 0.6) is 11.5 Å². The number of ether oxygens (including phenoxy) is 2. The Morgan fingerprint density at radius 2 is 1.62 bits per heavy atom. The zero-order chi connectivity index (χ0) is 17.3. The van der Waals surface area contributed by atoms with Gasteiger partial charge in [-0.1, -0.05) is 0 Å². The number of nitrogens with zero attached hydrogens (tertiary/aromatic N) is 1. The smallest absolute Gasteiger partial charge is 0.328 e. The van der Waals surface area contributed by atoms with Gasteiger partial charge in [-0.05, 0) is 38.2 Å². The van der Waals surface area contributed by atoms with Gasteiger partial charge in [0.1, 0.15) is 11.5 Å². The van der Waals surface area contributed by atoms with Gasteiger partial charge in [-0.25, -0.2) is 4.79 Å². The summed E-state index contributed by atoms with van der Waals surface area (Å²) in [5, 5.41) is 4.04. The first-order valence-electron chi connectivity index (χ1n) is 7.64. The minimum absolute atomic E-state index is 0.327. The Balaban J connectivity index is 1.60. The predicted molar refractivity (Wildman–Crippen MR) is 83.6 cm³/mol. The Morgan fingerprint density at radius 3 is 2.17 bits per heavy atom. The third kappa shape index (κ3) is 3.18. The van der Waals surface area contributed by atoms with E-state index in [0.717, 1.165) is 13.1 Å². The predicted octanol–water partition coefficient (Wildman–Crippen LogP) is 0.131. The fraction of sp³-hybridized carbons (Fsp3) is 0.438. The molecule has 0 unspecified atom stereocenters. The molecule has 2 heterocycles. The van der Waals surface area contributed by atoms with E-state index in [1.807, 2.05) is 10.6 Å². The molecule has 2 aliphatic rings. The van der Waals surface area contributed by atoms with E-state index in [-0.39, 0.29) is 0 Å². The number of carbonyl (C=O) groups is 3. The van der Waals surface area contributed by atoms with Crippen molar-refractivity contribution in [1.82, 2.24) is 15.5 Å². The minimum atomic E-state index is -1.80. The van der Waals surface area contributed by atoms with E-state index in [4.69, 9.17) is 9.47 Å². The molecular formula is C16H19N3O5. The number of urea groups is 1. The fourth-order valence-electron chi connectivity index (χ4n) is 2.66. The Kier molecular flexibility index (Phi) is 4.15. The summed E-state index contributed by atoms with van der Waals surface area (Å²) in [5.41, 5.74) is -1.80. The lowest BCUT2D eigenvalue weighted by molar-refractivity contribution is -0.149. The van der Waals surface area contributed by atoms with Gasteiger partial charge in [-0.2, -0.15) is 0 Å². The molecule has 0 radical (unpaired) electrons. The second kappa shape index (κ2) is 6.12. The standard InChI is InChI=1S/C16H19N3O5/c1-16(13(20)17-15(22)18-14(16)21)24-12-5-3-11(4-6-12)23-9-10-7-19(2)8-10/h3-6,10H,7-9H2,1-2H3,(H2,17,18,20,21,22). The molecule has 0 spiro atoms. The third-order valence-corrected chi connectivity index (χ3v) is 4.09. The molecule has 0 bridgehead atoms. The van der Waals surface area contributed by atoms with Crippen LogP contribution in [-0.4, -0.2) is 55.1 Å². The average molecular weight is 333 g/mol. The molecule has 2 saturated heterocycles. The van der Waals surface area contributed by atoms with Gasteiger partial charge >= 0.3 is 6.03 Å². The Hall–Kier alpha value is -2.61. The maximum atomic E-state index is 11.9. The second-order valence-electron chi connectivity index (χ2n) is 6.24. The van der Waals surface area contributed by atoms with E-state index < -0.39 is 23.4 Å². The van der Waals surface area contributed by atoms with Crippen molar-refractivity contribution in [3.8, 4) is 11.5 Å². The highest BCUT2D eigenvalue weighted by molar-refractivity contribution is 6.21. The summed E-state index contributed by atoms with van der Waals surface area (Å²) in [6, 6.07) is 5.81. The molecule has 2 aliphatic heterocycles. The van der Waals surface area contributed by atoms with Gasteiger partial charge in [0, 0.05) is 19.0 Å². The number of hydrogen-bond acceptors (Lipinski definition) is 6. The topological polar surface area (TPSA) is 97.0 Å². The van der Waals surface area contributed by atoms with E-state index in [1.165, 1.54) is 6.92 Å². The first-order valence-corrected chi connectivity index (χ1v) is 7.64. The molecule has 2 N–H and O–H groups in total. The molecule has 0 atom stereocenters. The molecule has 128 valence electrons. The molecule has 0 saturated carbocycles. The summed E-state index contributed by atoms with van der Waals surface area (Å²) in [7, 11) is 2.06. The number of amides is 4. The number of barbiturate groups is 1. The monoisotopic (exact) mass is 333 g/mol. The van der Waals surface area contributed by atoms with Crippen molar-refractivity contribution in [1.29, 1.82) is 0 Å². The first-order chi connectivity index (χ1) is 11.4. The molecule has 1 aromatic carbocycles.